The van der Waals surface area contributed by atoms with Crippen molar-refractivity contribution in [1.82, 2.24) is 5.32 Å². The third kappa shape index (κ3) is 3.78. The number of hydrogen-bond acceptors (Lipinski definition) is 4. The number of nitrogens with two attached hydrogens (primary N) is 1. The first kappa shape index (κ1) is 15.6. The molecule has 1 aromatic carbocycles. The van der Waals surface area contributed by atoms with Gasteiger partial charge >= 0.3 is 0 Å². The van der Waals surface area contributed by atoms with Crippen LogP contribution < -0.4 is 11.1 Å². The van der Waals surface area contributed by atoms with E-state index in [-0.39, 0.29) is 17.2 Å². The summed E-state index contributed by atoms with van der Waals surface area (Å²) in [4.78, 5) is 33.4. The molecule has 0 aromatic heterocycles. The third-order valence-corrected chi connectivity index (χ3v) is 3.13. The first-order valence-electron chi connectivity index (χ1n) is 6.21. The molecule has 0 aliphatic heterocycles. The zero-order valence-corrected chi connectivity index (χ0v) is 11.3. The predicted octanol–water partition coefficient (Wildman–Crippen LogP) is 1.22. The van der Waals surface area contributed by atoms with Crippen LogP contribution in [0.3, 0.4) is 0 Å². The molecule has 20 heavy (non-hydrogen) atoms. The normalized spacial score (nSPS) is 13.3. The van der Waals surface area contributed by atoms with Crippen LogP contribution in [0.25, 0.3) is 0 Å². The third-order valence-electron chi connectivity index (χ3n) is 3.13. The lowest BCUT2D eigenvalue weighted by Crippen LogP contribution is -2.48. The van der Waals surface area contributed by atoms with Crippen LogP contribution in [-0.2, 0) is 4.79 Å². The van der Waals surface area contributed by atoms with E-state index in [1.165, 1.54) is 18.2 Å². The van der Waals surface area contributed by atoms with Crippen molar-refractivity contribution in [3.05, 3.63) is 39.9 Å². The van der Waals surface area contributed by atoms with Crippen molar-refractivity contribution in [3.8, 4) is 0 Å². The number of carbonyl (C=O) groups is 2. The fourth-order valence-electron chi connectivity index (χ4n) is 1.71. The van der Waals surface area contributed by atoms with Gasteiger partial charge in [-0.1, -0.05) is 26.3 Å². The molecular formula is C13H17N3O4. The zero-order valence-electron chi connectivity index (χ0n) is 11.3. The van der Waals surface area contributed by atoms with Gasteiger partial charge in [0.25, 0.3) is 11.6 Å². The molecule has 0 radical (unpaired) electrons. The van der Waals surface area contributed by atoms with Crippen LogP contribution in [0.1, 0.15) is 30.6 Å². The summed E-state index contributed by atoms with van der Waals surface area (Å²) in [6.45, 7) is 3.67. The second kappa shape index (κ2) is 6.65. The van der Waals surface area contributed by atoms with Crippen LogP contribution in [0.5, 0.6) is 0 Å². The lowest BCUT2D eigenvalue weighted by Gasteiger charge is -2.21. The summed E-state index contributed by atoms with van der Waals surface area (Å²) in [5.41, 5.74) is 5.19. The quantitative estimate of drug-likeness (QED) is 0.601. The highest BCUT2D eigenvalue weighted by Crippen LogP contribution is 2.14. The number of nitro groups is 1. The highest BCUT2D eigenvalue weighted by Gasteiger charge is 2.24. The Balaban J connectivity index is 2.92. The highest BCUT2D eigenvalue weighted by atomic mass is 16.6. The summed E-state index contributed by atoms with van der Waals surface area (Å²) in [6.07, 6.45) is 0.669. The topological polar surface area (TPSA) is 115 Å². The number of carbonyl (C=O) groups excluding carboxylic acids is 2. The number of nitro benzene ring substituents is 1. The van der Waals surface area contributed by atoms with Gasteiger partial charge in [-0.15, -0.1) is 0 Å². The van der Waals surface area contributed by atoms with Crippen molar-refractivity contribution in [2.45, 2.75) is 26.3 Å². The number of amides is 2. The Hall–Kier alpha value is -2.44. The number of hydrogen-bond donors (Lipinski definition) is 2. The van der Waals surface area contributed by atoms with Crippen molar-refractivity contribution in [3.63, 3.8) is 0 Å². The number of primary amides is 1. The van der Waals surface area contributed by atoms with E-state index >= 15 is 0 Å². The van der Waals surface area contributed by atoms with E-state index in [2.05, 4.69) is 5.32 Å². The summed E-state index contributed by atoms with van der Waals surface area (Å²) < 4.78 is 0. The molecule has 2 atom stereocenters. The minimum Gasteiger partial charge on any atom is -0.368 e. The maximum absolute atomic E-state index is 12.0. The van der Waals surface area contributed by atoms with E-state index in [4.69, 9.17) is 5.73 Å². The van der Waals surface area contributed by atoms with Crippen molar-refractivity contribution in [2.24, 2.45) is 11.7 Å². The summed E-state index contributed by atoms with van der Waals surface area (Å²) in [5, 5.41) is 13.2. The van der Waals surface area contributed by atoms with Crippen molar-refractivity contribution in [2.75, 3.05) is 0 Å². The molecule has 2 amide bonds. The van der Waals surface area contributed by atoms with Crippen LogP contribution in [0, 0.1) is 16.0 Å². The van der Waals surface area contributed by atoms with Gasteiger partial charge in [-0.3, -0.25) is 19.7 Å². The number of benzene rings is 1. The lowest BCUT2D eigenvalue weighted by molar-refractivity contribution is -0.384. The van der Waals surface area contributed by atoms with Gasteiger partial charge in [0, 0.05) is 17.7 Å². The Bertz CT molecular complexity index is 530. The number of non-ortho nitro benzene ring substituents is 1. The average Bonchev–Trinajstić information content (AvgIpc) is 2.43. The lowest BCUT2D eigenvalue weighted by atomic mass is 9.98. The largest absolute Gasteiger partial charge is 0.368 e. The minimum absolute atomic E-state index is 0.116. The number of nitrogens with zero attached hydrogens (tertiary/aromatic N) is 1. The molecule has 108 valence electrons. The van der Waals surface area contributed by atoms with Crippen LogP contribution in [0.15, 0.2) is 24.3 Å². The van der Waals surface area contributed by atoms with Gasteiger partial charge in [-0.25, -0.2) is 0 Å². The van der Waals surface area contributed by atoms with Crippen molar-refractivity contribution < 1.29 is 14.5 Å². The Morgan fingerprint density at radius 1 is 1.45 bits per heavy atom. The maximum atomic E-state index is 12.0. The molecule has 3 N–H and O–H groups in total. The molecule has 0 unspecified atom stereocenters. The Morgan fingerprint density at radius 3 is 2.60 bits per heavy atom. The molecule has 0 fully saturated rings. The average molecular weight is 279 g/mol. The van der Waals surface area contributed by atoms with E-state index in [0.29, 0.717) is 6.42 Å². The summed E-state index contributed by atoms with van der Waals surface area (Å²) in [5.74, 6) is -1.30. The van der Waals surface area contributed by atoms with E-state index < -0.39 is 22.8 Å². The summed E-state index contributed by atoms with van der Waals surface area (Å²) >= 11 is 0. The van der Waals surface area contributed by atoms with Gasteiger partial charge in [-0.2, -0.15) is 0 Å². The highest BCUT2D eigenvalue weighted by molar-refractivity contribution is 5.97. The first-order chi connectivity index (χ1) is 9.36. The molecule has 7 nitrogen and oxygen atoms in total. The van der Waals surface area contributed by atoms with Crippen molar-refractivity contribution >= 4 is 17.5 Å². The van der Waals surface area contributed by atoms with Gasteiger partial charge in [-0.05, 0) is 12.0 Å². The van der Waals surface area contributed by atoms with Gasteiger partial charge in [0.1, 0.15) is 6.04 Å². The number of rotatable bonds is 6. The fraction of sp³-hybridized carbons (Fsp3) is 0.385. The predicted molar refractivity (Wildman–Crippen MR) is 73.0 cm³/mol. The molecule has 7 heteroatoms. The van der Waals surface area contributed by atoms with Crippen LogP contribution in [0.2, 0.25) is 0 Å². The molecule has 0 heterocycles. The monoisotopic (exact) mass is 279 g/mol. The maximum Gasteiger partial charge on any atom is 0.270 e. The van der Waals surface area contributed by atoms with Crippen molar-refractivity contribution in [1.29, 1.82) is 0 Å². The molecule has 1 aromatic rings. The van der Waals surface area contributed by atoms with E-state index in [1.807, 2.05) is 6.92 Å². The SMILES string of the molecule is CC[C@H](C)[C@H](NC(=O)c1cccc([N+](=O)[O-])c1)C(N)=O. The van der Waals surface area contributed by atoms with Gasteiger partial charge < -0.3 is 11.1 Å². The molecule has 0 saturated heterocycles. The molecule has 0 bridgehead atoms. The first-order valence-corrected chi connectivity index (χ1v) is 6.21. The molecule has 0 aliphatic carbocycles. The molecule has 0 spiro atoms. The zero-order chi connectivity index (χ0) is 15.3. The second-order valence-electron chi connectivity index (χ2n) is 4.55. The fourth-order valence-corrected chi connectivity index (χ4v) is 1.71. The van der Waals surface area contributed by atoms with Gasteiger partial charge in [0.2, 0.25) is 5.91 Å². The van der Waals surface area contributed by atoms with Gasteiger partial charge in [0.05, 0.1) is 4.92 Å². The summed E-state index contributed by atoms with van der Waals surface area (Å²) in [7, 11) is 0. The smallest absolute Gasteiger partial charge is 0.270 e. The van der Waals surface area contributed by atoms with Crippen LogP contribution in [0.4, 0.5) is 5.69 Å². The molecule has 1 rings (SSSR count). The van der Waals surface area contributed by atoms with Gasteiger partial charge in [0.15, 0.2) is 0 Å². The van der Waals surface area contributed by atoms with E-state index in [0.717, 1.165) is 6.07 Å². The summed E-state index contributed by atoms with van der Waals surface area (Å²) in [6, 6.07) is 4.50. The van der Waals surface area contributed by atoms with Crippen LogP contribution >= 0.6 is 0 Å². The van der Waals surface area contributed by atoms with E-state index in [9.17, 15) is 19.7 Å². The number of nitrogens with one attached hydrogen (secondary N) is 1. The standard InChI is InChI=1S/C13H17N3O4/c1-3-8(2)11(12(14)17)15-13(18)9-5-4-6-10(7-9)16(19)20/h4-8,11H,3H2,1-2H3,(H2,14,17)(H,15,18)/t8-,11-/m0/s1. The van der Waals surface area contributed by atoms with Crippen LogP contribution in [-0.4, -0.2) is 22.8 Å². The second-order valence-corrected chi connectivity index (χ2v) is 4.55. The van der Waals surface area contributed by atoms with E-state index in [1.54, 1.807) is 6.92 Å². The Labute approximate surface area is 116 Å². The Kier molecular flexibility index (Phi) is 5.19. The molecule has 0 aliphatic rings. The Morgan fingerprint density at radius 2 is 2.10 bits per heavy atom. The minimum atomic E-state index is -0.799. The molecule has 0 saturated carbocycles. The molecular weight excluding hydrogens is 262 g/mol.